The Morgan fingerprint density at radius 3 is 2.58 bits per heavy atom. The van der Waals surface area contributed by atoms with Gasteiger partial charge in [0.15, 0.2) is 0 Å². The molecular formula is C28H31N5O3. The largest absolute Gasteiger partial charge is 0.457 e. The van der Waals surface area contributed by atoms with Gasteiger partial charge in [-0.15, -0.1) is 0 Å². The second-order valence-electron chi connectivity index (χ2n) is 9.56. The number of fused-ring (bicyclic) bond motifs is 1. The van der Waals surface area contributed by atoms with E-state index in [1.165, 1.54) is 0 Å². The van der Waals surface area contributed by atoms with Crippen LogP contribution in [0, 0.1) is 5.92 Å². The zero-order chi connectivity index (χ0) is 25.1. The molecule has 0 saturated carbocycles. The van der Waals surface area contributed by atoms with Crippen molar-refractivity contribution < 1.29 is 14.1 Å². The number of anilines is 1. The van der Waals surface area contributed by atoms with Crippen LogP contribution in [0.3, 0.4) is 0 Å². The second kappa shape index (κ2) is 10.4. The molecule has 36 heavy (non-hydrogen) atoms. The van der Waals surface area contributed by atoms with Crippen molar-refractivity contribution in [2.75, 3.05) is 31.1 Å². The van der Waals surface area contributed by atoms with Gasteiger partial charge in [0, 0.05) is 45.1 Å². The molecule has 1 aliphatic rings. The third-order valence-electron chi connectivity index (χ3n) is 6.28. The normalized spacial score (nSPS) is 14.3. The summed E-state index contributed by atoms with van der Waals surface area (Å²) in [7, 11) is 0. The molecule has 2 aromatic heterocycles. The molecule has 0 spiro atoms. The SMILES string of the molecule is CC(=O)N1CCCN(c2nc(CC(C)C)nc3onc(-c4cccc(Oc5ccccc5)c4)c23)CC1. The summed E-state index contributed by atoms with van der Waals surface area (Å²) in [6.07, 6.45) is 1.61. The van der Waals surface area contributed by atoms with E-state index in [1.54, 1.807) is 6.92 Å². The first-order valence-electron chi connectivity index (χ1n) is 12.5. The molecule has 0 N–H and O–H groups in total. The molecule has 4 aromatic rings. The lowest BCUT2D eigenvalue weighted by molar-refractivity contribution is -0.128. The average Bonchev–Trinajstić information content (AvgIpc) is 3.12. The van der Waals surface area contributed by atoms with Gasteiger partial charge in [-0.1, -0.05) is 49.3 Å². The van der Waals surface area contributed by atoms with Crippen LogP contribution in [0.15, 0.2) is 59.1 Å². The van der Waals surface area contributed by atoms with Crippen molar-refractivity contribution >= 4 is 22.8 Å². The lowest BCUT2D eigenvalue weighted by Crippen LogP contribution is -2.34. The van der Waals surface area contributed by atoms with Crippen LogP contribution in [0.2, 0.25) is 0 Å². The Hall–Kier alpha value is -3.94. The lowest BCUT2D eigenvalue weighted by Gasteiger charge is -2.23. The van der Waals surface area contributed by atoms with Gasteiger partial charge >= 0.3 is 0 Å². The number of rotatable bonds is 6. The molecule has 0 bridgehead atoms. The minimum atomic E-state index is 0.103. The predicted molar refractivity (Wildman–Crippen MR) is 139 cm³/mol. The molecule has 0 unspecified atom stereocenters. The molecule has 1 aliphatic heterocycles. The molecule has 186 valence electrons. The van der Waals surface area contributed by atoms with Crippen molar-refractivity contribution in [1.29, 1.82) is 0 Å². The zero-order valence-corrected chi connectivity index (χ0v) is 21.0. The Balaban J connectivity index is 1.56. The topological polar surface area (TPSA) is 84.6 Å². The summed E-state index contributed by atoms with van der Waals surface area (Å²) in [4.78, 5) is 25.8. The fourth-order valence-electron chi connectivity index (χ4n) is 4.54. The Bertz CT molecular complexity index is 1350. The van der Waals surface area contributed by atoms with E-state index in [0.717, 1.165) is 54.3 Å². The van der Waals surface area contributed by atoms with E-state index in [0.29, 0.717) is 36.2 Å². The molecule has 0 radical (unpaired) electrons. The highest BCUT2D eigenvalue weighted by atomic mass is 16.5. The number of benzene rings is 2. The molecule has 5 rings (SSSR count). The van der Waals surface area contributed by atoms with Gasteiger partial charge in [-0.2, -0.15) is 4.98 Å². The standard InChI is InChI=1S/C28H31N5O3/c1-19(2)17-24-29-27(33-14-8-13-32(15-16-33)20(3)34)25-26(31-36-28(25)30-24)21-9-7-12-23(18-21)35-22-10-5-4-6-11-22/h4-7,9-12,18-19H,8,13-17H2,1-3H3. The summed E-state index contributed by atoms with van der Waals surface area (Å²) in [6, 6.07) is 17.5. The van der Waals surface area contributed by atoms with E-state index < -0.39 is 0 Å². The van der Waals surface area contributed by atoms with E-state index in [4.69, 9.17) is 19.2 Å². The molecule has 0 aliphatic carbocycles. The summed E-state index contributed by atoms with van der Waals surface area (Å²) >= 11 is 0. The maximum atomic E-state index is 12.0. The predicted octanol–water partition coefficient (Wildman–Crippen LogP) is 5.33. The van der Waals surface area contributed by atoms with Gasteiger partial charge in [0.1, 0.15) is 34.2 Å². The van der Waals surface area contributed by atoms with Gasteiger partial charge in [0.05, 0.1) is 0 Å². The van der Waals surface area contributed by atoms with Gasteiger partial charge < -0.3 is 19.1 Å². The third kappa shape index (κ3) is 5.17. The number of nitrogens with zero attached hydrogens (tertiary/aromatic N) is 5. The highest BCUT2D eigenvalue weighted by Crippen LogP contribution is 2.36. The number of carbonyl (C=O) groups is 1. The highest BCUT2D eigenvalue weighted by molar-refractivity contribution is 5.98. The minimum absolute atomic E-state index is 0.103. The number of amides is 1. The Kier molecular flexibility index (Phi) is 6.84. The number of hydrogen-bond donors (Lipinski definition) is 0. The number of para-hydroxylation sites is 1. The summed E-state index contributed by atoms with van der Waals surface area (Å²) in [5.41, 5.74) is 2.03. The summed E-state index contributed by atoms with van der Waals surface area (Å²) in [5, 5.41) is 5.22. The van der Waals surface area contributed by atoms with Crippen LogP contribution < -0.4 is 9.64 Å². The van der Waals surface area contributed by atoms with Crippen LogP contribution in [-0.2, 0) is 11.2 Å². The molecule has 8 heteroatoms. The van der Waals surface area contributed by atoms with Crippen LogP contribution in [-0.4, -0.2) is 52.1 Å². The van der Waals surface area contributed by atoms with Gasteiger partial charge in [-0.05, 0) is 36.6 Å². The smallest absolute Gasteiger partial charge is 0.263 e. The van der Waals surface area contributed by atoms with Crippen molar-refractivity contribution in [1.82, 2.24) is 20.0 Å². The lowest BCUT2D eigenvalue weighted by atomic mass is 10.1. The molecule has 1 amide bonds. The van der Waals surface area contributed by atoms with E-state index >= 15 is 0 Å². The Morgan fingerprint density at radius 2 is 1.81 bits per heavy atom. The van der Waals surface area contributed by atoms with Crippen molar-refractivity contribution in [3.63, 3.8) is 0 Å². The van der Waals surface area contributed by atoms with Crippen molar-refractivity contribution in [2.45, 2.75) is 33.6 Å². The van der Waals surface area contributed by atoms with E-state index in [9.17, 15) is 4.79 Å². The van der Waals surface area contributed by atoms with E-state index in [1.807, 2.05) is 59.5 Å². The van der Waals surface area contributed by atoms with E-state index in [2.05, 4.69) is 23.9 Å². The number of hydrogen-bond acceptors (Lipinski definition) is 7. The molecule has 3 heterocycles. The first-order chi connectivity index (χ1) is 17.5. The Morgan fingerprint density at radius 1 is 1.00 bits per heavy atom. The summed E-state index contributed by atoms with van der Waals surface area (Å²) < 4.78 is 11.8. The summed E-state index contributed by atoms with van der Waals surface area (Å²) in [5.74, 6) is 3.53. The van der Waals surface area contributed by atoms with Gasteiger partial charge in [0.2, 0.25) is 5.91 Å². The van der Waals surface area contributed by atoms with Crippen molar-refractivity contribution in [2.24, 2.45) is 5.92 Å². The van der Waals surface area contributed by atoms with Gasteiger partial charge in [-0.25, -0.2) is 4.98 Å². The third-order valence-corrected chi connectivity index (χ3v) is 6.28. The molecule has 0 atom stereocenters. The van der Waals surface area contributed by atoms with Crippen LogP contribution in [0.1, 0.15) is 33.0 Å². The molecule has 1 fully saturated rings. The van der Waals surface area contributed by atoms with Gasteiger partial charge in [0.25, 0.3) is 5.71 Å². The maximum Gasteiger partial charge on any atom is 0.263 e. The fourth-order valence-corrected chi connectivity index (χ4v) is 4.54. The first kappa shape index (κ1) is 23.8. The quantitative estimate of drug-likeness (QED) is 0.365. The summed E-state index contributed by atoms with van der Waals surface area (Å²) in [6.45, 7) is 8.80. The monoisotopic (exact) mass is 485 g/mol. The Labute approximate surface area is 210 Å². The van der Waals surface area contributed by atoms with Crippen LogP contribution in [0.5, 0.6) is 11.5 Å². The minimum Gasteiger partial charge on any atom is -0.457 e. The van der Waals surface area contributed by atoms with Crippen LogP contribution in [0.4, 0.5) is 5.82 Å². The van der Waals surface area contributed by atoms with E-state index in [-0.39, 0.29) is 5.91 Å². The highest BCUT2D eigenvalue weighted by Gasteiger charge is 2.25. The second-order valence-corrected chi connectivity index (χ2v) is 9.56. The first-order valence-corrected chi connectivity index (χ1v) is 12.5. The number of carbonyl (C=O) groups excluding carboxylic acids is 1. The van der Waals surface area contributed by atoms with Crippen LogP contribution >= 0.6 is 0 Å². The maximum absolute atomic E-state index is 12.0. The number of ether oxygens (including phenoxy) is 1. The zero-order valence-electron chi connectivity index (χ0n) is 21.0. The molecule has 2 aromatic carbocycles. The molecule has 1 saturated heterocycles. The van der Waals surface area contributed by atoms with Gasteiger partial charge in [-0.3, -0.25) is 4.79 Å². The van der Waals surface area contributed by atoms with Crippen molar-refractivity contribution in [3.05, 3.63) is 60.4 Å². The molecular weight excluding hydrogens is 454 g/mol. The van der Waals surface area contributed by atoms with Crippen molar-refractivity contribution in [3.8, 4) is 22.8 Å². The fraction of sp³-hybridized carbons (Fsp3) is 0.357. The number of aromatic nitrogens is 3. The molecule has 8 nitrogen and oxygen atoms in total. The average molecular weight is 486 g/mol. The van der Waals surface area contributed by atoms with Crippen LogP contribution in [0.25, 0.3) is 22.4 Å².